The molecular weight excluding hydrogens is 194 g/mol. The summed E-state index contributed by atoms with van der Waals surface area (Å²) in [7, 11) is -0.651. The van der Waals surface area contributed by atoms with Crippen molar-refractivity contribution in [3.05, 3.63) is 0 Å². The van der Waals surface area contributed by atoms with E-state index in [4.69, 9.17) is 0 Å². The van der Waals surface area contributed by atoms with E-state index in [0.717, 1.165) is 24.1 Å². The van der Waals surface area contributed by atoms with Crippen LogP contribution in [0.2, 0.25) is 0 Å². The summed E-state index contributed by atoms with van der Waals surface area (Å²) >= 11 is 0. The maximum atomic E-state index is 10.9. The van der Waals surface area contributed by atoms with E-state index in [2.05, 4.69) is 19.2 Å². The molecule has 0 aliphatic heterocycles. The van der Waals surface area contributed by atoms with Gasteiger partial charge in [0.05, 0.1) is 0 Å². The van der Waals surface area contributed by atoms with Crippen LogP contribution in [0.4, 0.5) is 0 Å². The van der Waals surface area contributed by atoms with Crippen molar-refractivity contribution in [1.29, 1.82) is 0 Å². The first kappa shape index (κ1) is 12.2. The van der Waals surface area contributed by atoms with E-state index in [1.54, 1.807) is 6.26 Å². The summed E-state index contributed by atoms with van der Waals surface area (Å²) in [5.41, 5.74) is 0. The summed E-state index contributed by atoms with van der Waals surface area (Å²) in [6, 6.07) is 0.662. The van der Waals surface area contributed by atoms with Crippen molar-refractivity contribution in [1.82, 2.24) is 5.32 Å². The van der Waals surface area contributed by atoms with Crippen LogP contribution in [-0.4, -0.2) is 28.8 Å². The highest BCUT2D eigenvalue weighted by Gasteiger charge is 2.24. The Morgan fingerprint density at radius 2 is 2.07 bits per heavy atom. The van der Waals surface area contributed by atoms with Crippen molar-refractivity contribution >= 4 is 10.8 Å². The summed E-state index contributed by atoms with van der Waals surface area (Å²) in [4.78, 5) is 0. The molecule has 1 fully saturated rings. The van der Waals surface area contributed by atoms with Crippen molar-refractivity contribution in [3.8, 4) is 0 Å². The molecule has 1 rings (SSSR count). The highest BCUT2D eigenvalue weighted by molar-refractivity contribution is 7.84. The van der Waals surface area contributed by atoms with Gasteiger partial charge < -0.3 is 5.32 Å². The van der Waals surface area contributed by atoms with Crippen molar-refractivity contribution < 1.29 is 4.21 Å². The van der Waals surface area contributed by atoms with E-state index in [0.29, 0.717) is 6.04 Å². The molecule has 0 spiro atoms. The third-order valence-electron chi connectivity index (χ3n) is 3.23. The van der Waals surface area contributed by atoms with E-state index in [1.165, 1.54) is 19.3 Å². The van der Waals surface area contributed by atoms with Gasteiger partial charge >= 0.3 is 0 Å². The van der Waals surface area contributed by atoms with Crippen LogP contribution in [0, 0.1) is 11.8 Å². The van der Waals surface area contributed by atoms with Crippen LogP contribution in [-0.2, 0) is 10.8 Å². The lowest BCUT2D eigenvalue weighted by molar-refractivity contribution is 0.231. The van der Waals surface area contributed by atoms with Gasteiger partial charge in [0.2, 0.25) is 0 Å². The molecule has 1 saturated carbocycles. The first-order chi connectivity index (χ1) is 6.59. The largest absolute Gasteiger partial charge is 0.313 e. The minimum atomic E-state index is -0.651. The third-order valence-corrected chi connectivity index (χ3v) is 4.01. The lowest BCUT2D eigenvalue weighted by Crippen LogP contribution is -2.40. The Labute approximate surface area is 90.3 Å². The van der Waals surface area contributed by atoms with E-state index < -0.39 is 10.8 Å². The molecule has 1 N–H and O–H groups in total. The molecule has 1 aliphatic carbocycles. The third kappa shape index (κ3) is 4.09. The molecule has 14 heavy (non-hydrogen) atoms. The van der Waals surface area contributed by atoms with Gasteiger partial charge in [-0.3, -0.25) is 4.21 Å². The molecule has 84 valence electrons. The number of nitrogens with one attached hydrogen (secondary N) is 1. The van der Waals surface area contributed by atoms with Gasteiger partial charge in [-0.25, -0.2) is 0 Å². The second kappa shape index (κ2) is 5.86. The van der Waals surface area contributed by atoms with Crippen LogP contribution in [0.25, 0.3) is 0 Å². The molecule has 0 aromatic heterocycles. The molecule has 0 saturated heterocycles. The molecule has 0 aromatic rings. The molecule has 0 bridgehead atoms. The number of hydrogen-bond acceptors (Lipinski definition) is 2. The number of rotatable bonds is 4. The SMILES string of the molecule is CC1CCC(NCCS(C)=O)C(C)C1. The van der Waals surface area contributed by atoms with Crippen molar-refractivity contribution in [2.45, 2.75) is 39.2 Å². The maximum Gasteiger partial charge on any atom is 0.0357 e. The van der Waals surface area contributed by atoms with Crippen LogP contribution in [0.1, 0.15) is 33.1 Å². The fourth-order valence-corrected chi connectivity index (χ4v) is 2.76. The van der Waals surface area contributed by atoms with Gasteiger partial charge in [0.1, 0.15) is 0 Å². The molecule has 0 heterocycles. The predicted molar refractivity (Wildman–Crippen MR) is 62.9 cm³/mol. The smallest absolute Gasteiger partial charge is 0.0357 e. The van der Waals surface area contributed by atoms with E-state index in [-0.39, 0.29) is 0 Å². The molecular formula is C11H23NOS. The average molecular weight is 217 g/mol. The zero-order valence-corrected chi connectivity index (χ0v) is 10.4. The monoisotopic (exact) mass is 217 g/mol. The lowest BCUT2D eigenvalue weighted by atomic mass is 9.80. The second-order valence-corrected chi connectivity index (χ2v) is 6.29. The molecule has 3 heteroatoms. The minimum absolute atomic E-state index is 0.651. The Morgan fingerprint density at radius 3 is 2.64 bits per heavy atom. The molecule has 1 aliphatic rings. The normalized spacial score (nSPS) is 35.5. The fraction of sp³-hybridized carbons (Fsp3) is 1.00. The van der Waals surface area contributed by atoms with Gasteiger partial charge in [0.15, 0.2) is 0 Å². The number of hydrogen-bond donors (Lipinski definition) is 1. The molecule has 2 nitrogen and oxygen atoms in total. The summed E-state index contributed by atoms with van der Waals surface area (Å²) in [5, 5.41) is 3.53. The quantitative estimate of drug-likeness (QED) is 0.778. The lowest BCUT2D eigenvalue weighted by Gasteiger charge is -2.33. The zero-order chi connectivity index (χ0) is 10.6. The van der Waals surface area contributed by atoms with Crippen LogP contribution in [0.15, 0.2) is 0 Å². The highest BCUT2D eigenvalue weighted by atomic mass is 32.2. The van der Waals surface area contributed by atoms with E-state index in [1.807, 2.05) is 0 Å². The first-order valence-electron chi connectivity index (χ1n) is 5.63. The van der Waals surface area contributed by atoms with Gasteiger partial charge in [-0.1, -0.05) is 13.8 Å². The second-order valence-electron chi connectivity index (χ2n) is 4.73. The Hall–Kier alpha value is 0.110. The van der Waals surface area contributed by atoms with Gasteiger partial charge in [-0.15, -0.1) is 0 Å². The van der Waals surface area contributed by atoms with Crippen molar-refractivity contribution in [2.75, 3.05) is 18.6 Å². The Kier molecular flexibility index (Phi) is 5.10. The van der Waals surface area contributed by atoms with Gasteiger partial charge in [-0.2, -0.15) is 0 Å². The van der Waals surface area contributed by atoms with Crippen LogP contribution < -0.4 is 5.32 Å². The molecule has 0 aromatic carbocycles. The Morgan fingerprint density at radius 1 is 1.36 bits per heavy atom. The van der Waals surface area contributed by atoms with Gasteiger partial charge in [0, 0.05) is 35.4 Å². The van der Waals surface area contributed by atoms with Crippen LogP contribution >= 0.6 is 0 Å². The topological polar surface area (TPSA) is 29.1 Å². The average Bonchev–Trinajstić information content (AvgIpc) is 2.08. The highest BCUT2D eigenvalue weighted by Crippen LogP contribution is 2.28. The molecule has 0 radical (unpaired) electrons. The van der Waals surface area contributed by atoms with Crippen LogP contribution in [0.3, 0.4) is 0 Å². The van der Waals surface area contributed by atoms with Crippen LogP contribution in [0.5, 0.6) is 0 Å². The van der Waals surface area contributed by atoms with Crippen molar-refractivity contribution in [3.63, 3.8) is 0 Å². The maximum absolute atomic E-state index is 10.9. The molecule has 4 unspecified atom stereocenters. The summed E-state index contributed by atoms with van der Waals surface area (Å²) in [6.45, 7) is 5.58. The Balaban J connectivity index is 2.20. The summed E-state index contributed by atoms with van der Waals surface area (Å²) < 4.78 is 10.9. The minimum Gasteiger partial charge on any atom is -0.313 e. The zero-order valence-electron chi connectivity index (χ0n) is 9.58. The Bertz CT molecular complexity index is 196. The standard InChI is InChI=1S/C11H23NOS/c1-9-4-5-11(10(2)8-9)12-6-7-14(3)13/h9-12H,4-8H2,1-3H3. The van der Waals surface area contributed by atoms with E-state index >= 15 is 0 Å². The predicted octanol–water partition coefficient (Wildman–Crippen LogP) is 1.78. The summed E-state index contributed by atoms with van der Waals surface area (Å²) in [6.07, 6.45) is 5.75. The molecule has 4 atom stereocenters. The first-order valence-corrected chi connectivity index (χ1v) is 7.35. The summed E-state index contributed by atoms with van der Waals surface area (Å²) in [5.74, 6) is 2.46. The fourth-order valence-electron chi connectivity index (χ4n) is 2.36. The van der Waals surface area contributed by atoms with Gasteiger partial charge in [0.25, 0.3) is 0 Å². The van der Waals surface area contributed by atoms with Gasteiger partial charge in [-0.05, 0) is 31.1 Å². The molecule has 0 amide bonds. The van der Waals surface area contributed by atoms with Crippen molar-refractivity contribution in [2.24, 2.45) is 11.8 Å². The van der Waals surface area contributed by atoms with E-state index in [9.17, 15) is 4.21 Å².